The molecule has 1 amide bonds. The van der Waals surface area contributed by atoms with Gasteiger partial charge in [-0.3, -0.25) is 0 Å². The molecular weight excluding hydrogens is 363 g/mol. The van der Waals surface area contributed by atoms with Gasteiger partial charge in [0, 0.05) is 44.6 Å². The number of rotatable bonds is 6. The summed E-state index contributed by atoms with van der Waals surface area (Å²) in [7, 11) is 5.27. The fourth-order valence-corrected chi connectivity index (χ4v) is 2.57. The van der Waals surface area contributed by atoms with E-state index in [9.17, 15) is 18.0 Å². The quantitative estimate of drug-likeness (QED) is 0.776. The van der Waals surface area contributed by atoms with Gasteiger partial charge >= 0.3 is 12.3 Å². The van der Waals surface area contributed by atoms with Gasteiger partial charge in [-0.2, -0.15) is 13.2 Å². The molecule has 0 aromatic carbocycles. The van der Waals surface area contributed by atoms with Gasteiger partial charge in [0.1, 0.15) is 0 Å². The highest BCUT2D eigenvalue weighted by Gasteiger charge is 2.46. The Morgan fingerprint density at radius 3 is 2.56 bits per heavy atom. The molecule has 1 fully saturated rings. The Hall–Kier alpha value is -1.52. The number of aromatic nitrogens is 2. The summed E-state index contributed by atoms with van der Waals surface area (Å²) < 4.78 is 45.1. The number of likely N-dealkylation sites (N-methyl/N-ethyl adjacent to an activating group) is 1. The molecule has 0 radical (unpaired) electrons. The minimum Gasteiger partial charge on any atom is -0.428 e. The van der Waals surface area contributed by atoms with Crippen molar-refractivity contribution in [3.8, 4) is 0 Å². The summed E-state index contributed by atoms with van der Waals surface area (Å²) in [4.78, 5) is 17.4. The summed E-state index contributed by atoms with van der Waals surface area (Å²) in [5, 5.41) is 5.55. The van der Waals surface area contributed by atoms with E-state index in [0.717, 1.165) is 13.1 Å². The highest BCUT2D eigenvalue weighted by Crippen LogP contribution is 2.34. The first-order valence-corrected chi connectivity index (χ1v) is 7.52. The number of alkyl carbamates (subject to hydrolysis) is 1. The van der Waals surface area contributed by atoms with E-state index in [1.165, 1.54) is 24.0 Å². The van der Waals surface area contributed by atoms with Crippen molar-refractivity contribution < 1.29 is 22.7 Å². The van der Waals surface area contributed by atoms with Crippen LogP contribution in [0.15, 0.2) is 12.4 Å². The molecule has 1 saturated heterocycles. The SMILES string of the molecule is CN(C)C1(CCNC(=O)OC(c2nccn2C)C(F)(F)F)CNC1.Cl. The van der Waals surface area contributed by atoms with Gasteiger partial charge in [-0.25, -0.2) is 9.78 Å². The number of hydrogen-bond acceptors (Lipinski definition) is 5. The van der Waals surface area contributed by atoms with Crippen LogP contribution in [0.25, 0.3) is 0 Å². The van der Waals surface area contributed by atoms with Crippen LogP contribution in [-0.2, 0) is 11.8 Å². The Morgan fingerprint density at radius 2 is 2.16 bits per heavy atom. The van der Waals surface area contributed by atoms with Crippen LogP contribution < -0.4 is 10.6 Å². The van der Waals surface area contributed by atoms with Gasteiger partial charge in [-0.15, -0.1) is 12.4 Å². The standard InChI is InChI=1S/C14H22F3N5O2.ClH/c1-21(2)13(8-18-9-13)4-5-20-12(23)24-10(14(15,16)17)11-19-6-7-22(11)3;/h6-7,10,18H,4-5,8-9H2,1-3H3,(H,20,23);1H. The molecule has 2 N–H and O–H groups in total. The third-order valence-corrected chi connectivity index (χ3v) is 4.33. The smallest absolute Gasteiger partial charge is 0.428 e. The van der Waals surface area contributed by atoms with E-state index < -0.39 is 18.4 Å². The lowest BCUT2D eigenvalue weighted by molar-refractivity contribution is -0.209. The van der Waals surface area contributed by atoms with Crippen molar-refractivity contribution in [2.75, 3.05) is 33.7 Å². The summed E-state index contributed by atoms with van der Waals surface area (Å²) >= 11 is 0. The summed E-state index contributed by atoms with van der Waals surface area (Å²) in [6.45, 7) is 1.77. The Bertz CT molecular complexity index is 575. The number of carbonyl (C=O) groups excluding carboxylic acids is 1. The topological polar surface area (TPSA) is 71.4 Å². The van der Waals surface area contributed by atoms with Gasteiger partial charge in [0.25, 0.3) is 6.10 Å². The molecule has 1 aliphatic rings. The molecule has 1 unspecified atom stereocenters. The van der Waals surface area contributed by atoms with Crippen molar-refractivity contribution in [2.45, 2.75) is 24.2 Å². The maximum absolute atomic E-state index is 13.1. The third-order valence-electron chi connectivity index (χ3n) is 4.33. The summed E-state index contributed by atoms with van der Waals surface area (Å²) in [5.74, 6) is -0.370. The highest BCUT2D eigenvalue weighted by atomic mass is 35.5. The zero-order valence-electron chi connectivity index (χ0n) is 14.3. The van der Waals surface area contributed by atoms with Crippen LogP contribution in [0, 0.1) is 0 Å². The van der Waals surface area contributed by atoms with E-state index in [4.69, 9.17) is 0 Å². The summed E-state index contributed by atoms with van der Waals surface area (Å²) in [6.07, 6.45) is -5.05. The lowest BCUT2D eigenvalue weighted by Gasteiger charge is -2.48. The maximum atomic E-state index is 13.1. The molecule has 2 rings (SSSR count). The number of imidazole rings is 1. The van der Waals surface area contributed by atoms with Crippen molar-refractivity contribution in [3.05, 3.63) is 18.2 Å². The largest absolute Gasteiger partial charge is 0.433 e. The second-order valence-corrected chi connectivity index (χ2v) is 6.12. The molecule has 0 bridgehead atoms. The van der Waals surface area contributed by atoms with Crippen molar-refractivity contribution in [1.82, 2.24) is 25.1 Å². The maximum Gasteiger partial charge on any atom is 0.433 e. The molecule has 0 spiro atoms. The number of ether oxygens (including phenoxy) is 1. The Kier molecular flexibility index (Phi) is 7.09. The molecule has 2 heterocycles. The molecule has 0 saturated carbocycles. The van der Waals surface area contributed by atoms with Crippen LogP contribution in [0.4, 0.5) is 18.0 Å². The number of nitrogens with one attached hydrogen (secondary N) is 2. The van der Waals surface area contributed by atoms with Crippen molar-refractivity contribution >= 4 is 18.5 Å². The average molecular weight is 386 g/mol. The van der Waals surface area contributed by atoms with Crippen LogP contribution in [0.3, 0.4) is 0 Å². The van der Waals surface area contributed by atoms with E-state index in [-0.39, 0.29) is 30.3 Å². The van der Waals surface area contributed by atoms with Crippen molar-refractivity contribution in [3.63, 3.8) is 0 Å². The number of nitrogens with zero attached hydrogens (tertiary/aromatic N) is 3. The molecule has 1 atom stereocenters. The fraction of sp³-hybridized carbons (Fsp3) is 0.714. The fourth-order valence-electron chi connectivity index (χ4n) is 2.57. The third kappa shape index (κ3) is 4.99. The lowest BCUT2D eigenvalue weighted by atomic mass is 9.87. The number of alkyl halides is 3. The van der Waals surface area contributed by atoms with E-state index in [1.807, 2.05) is 19.0 Å². The minimum absolute atomic E-state index is 0. The van der Waals surface area contributed by atoms with Gasteiger partial charge in [0.15, 0.2) is 5.82 Å². The second kappa shape index (κ2) is 8.24. The van der Waals surface area contributed by atoms with Gasteiger partial charge in [-0.05, 0) is 20.5 Å². The van der Waals surface area contributed by atoms with E-state index in [1.54, 1.807) is 0 Å². The Morgan fingerprint density at radius 1 is 1.52 bits per heavy atom. The zero-order chi connectivity index (χ0) is 18.0. The Balaban J connectivity index is 0.00000312. The van der Waals surface area contributed by atoms with Crippen LogP contribution in [0.1, 0.15) is 18.3 Å². The van der Waals surface area contributed by atoms with Crippen LogP contribution in [-0.4, -0.2) is 66.0 Å². The van der Waals surface area contributed by atoms with E-state index >= 15 is 0 Å². The molecule has 0 aliphatic carbocycles. The molecule has 1 aliphatic heterocycles. The molecule has 1 aromatic heterocycles. The highest BCUT2D eigenvalue weighted by molar-refractivity contribution is 5.85. The molecule has 7 nitrogen and oxygen atoms in total. The number of hydrogen-bond donors (Lipinski definition) is 2. The molecular formula is C14H23ClF3N5O2. The first-order valence-electron chi connectivity index (χ1n) is 7.52. The first kappa shape index (κ1) is 21.5. The average Bonchev–Trinajstić information content (AvgIpc) is 2.83. The zero-order valence-corrected chi connectivity index (χ0v) is 15.1. The van der Waals surface area contributed by atoms with Gasteiger partial charge in [-0.1, -0.05) is 0 Å². The predicted molar refractivity (Wildman–Crippen MR) is 87.6 cm³/mol. The number of carbonyl (C=O) groups is 1. The van der Waals surface area contributed by atoms with Crippen molar-refractivity contribution in [2.24, 2.45) is 7.05 Å². The van der Waals surface area contributed by atoms with Gasteiger partial charge < -0.3 is 24.8 Å². The second-order valence-electron chi connectivity index (χ2n) is 6.12. The molecule has 144 valence electrons. The van der Waals surface area contributed by atoms with Crippen LogP contribution in [0.5, 0.6) is 0 Å². The molecule has 11 heteroatoms. The van der Waals surface area contributed by atoms with Gasteiger partial charge in [0.2, 0.25) is 0 Å². The monoisotopic (exact) mass is 385 g/mol. The number of aryl methyl sites for hydroxylation is 1. The van der Waals surface area contributed by atoms with Crippen LogP contribution in [0.2, 0.25) is 0 Å². The lowest BCUT2D eigenvalue weighted by Crippen LogP contribution is -2.67. The summed E-state index contributed by atoms with van der Waals surface area (Å²) in [6, 6.07) is 0. The first-order chi connectivity index (χ1) is 11.2. The molecule has 25 heavy (non-hydrogen) atoms. The number of amides is 1. The van der Waals surface area contributed by atoms with E-state index in [0.29, 0.717) is 6.42 Å². The van der Waals surface area contributed by atoms with Gasteiger partial charge in [0.05, 0.1) is 0 Å². The Labute approximate surface area is 150 Å². The van der Waals surface area contributed by atoms with E-state index in [2.05, 4.69) is 20.4 Å². The van der Waals surface area contributed by atoms with Crippen molar-refractivity contribution in [1.29, 1.82) is 0 Å². The molecule has 1 aromatic rings. The van der Waals surface area contributed by atoms with Crippen LogP contribution >= 0.6 is 12.4 Å². The normalized spacial score (nSPS) is 17.4. The number of halogens is 4. The minimum atomic E-state index is -4.74. The predicted octanol–water partition coefficient (Wildman–Crippen LogP) is 1.47. The summed E-state index contributed by atoms with van der Waals surface area (Å²) in [5.41, 5.74) is -0.0869.